The van der Waals surface area contributed by atoms with Crippen LogP contribution in [0.3, 0.4) is 0 Å². The molecule has 102 valence electrons. The molecule has 3 nitrogen and oxygen atoms in total. The minimum Gasteiger partial charge on any atom is -0.496 e. The molecule has 1 heterocycles. The summed E-state index contributed by atoms with van der Waals surface area (Å²) < 4.78 is 18.3. The highest BCUT2D eigenvalue weighted by Gasteiger charge is 2.23. The molecule has 2 unspecified atom stereocenters. The Morgan fingerprint density at radius 2 is 2.21 bits per heavy atom. The zero-order valence-electron chi connectivity index (χ0n) is 10.5. The quantitative estimate of drug-likeness (QED) is 0.886. The van der Waals surface area contributed by atoms with Gasteiger partial charge in [-0.05, 0) is 23.8 Å². The van der Waals surface area contributed by atoms with Crippen LogP contribution in [0, 0.1) is 5.82 Å². The SMILES string of the molecule is COc1csc(C(O)C(CN)c2cccc(F)c2)c1. The Labute approximate surface area is 115 Å². The van der Waals surface area contributed by atoms with Gasteiger partial charge in [0.25, 0.3) is 0 Å². The molecule has 0 spiro atoms. The highest BCUT2D eigenvalue weighted by molar-refractivity contribution is 7.10. The molecule has 0 radical (unpaired) electrons. The van der Waals surface area contributed by atoms with E-state index in [2.05, 4.69) is 0 Å². The Hall–Kier alpha value is -1.43. The fourth-order valence-corrected chi connectivity index (χ4v) is 2.88. The predicted octanol–water partition coefficient (Wildman–Crippen LogP) is 2.67. The molecule has 3 N–H and O–H groups in total. The van der Waals surface area contributed by atoms with Gasteiger partial charge in [0.1, 0.15) is 11.6 Å². The lowest BCUT2D eigenvalue weighted by molar-refractivity contribution is 0.151. The lowest BCUT2D eigenvalue weighted by Crippen LogP contribution is -2.19. The molecular weight excluding hydrogens is 265 g/mol. The van der Waals surface area contributed by atoms with Crippen molar-refractivity contribution in [3.05, 3.63) is 52.0 Å². The van der Waals surface area contributed by atoms with Crippen LogP contribution in [-0.4, -0.2) is 18.8 Å². The molecule has 0 saturated carbocycles. The summed E-state index contributed by atoms with van der Waals surface area (Å²) in [4.78, 5) is 0.761. The van der Waals surface area contributed by atoms with Gasteiger partial charge in [0, 0.05) is 22.7 Å². The molecule has 19 heavy (non-hydrogen) atoms. The van der Waals surface area contributed by atoms with Crippen molar-refractivity contribution in [1.29, 1.82) is 0 Å². The largest absolute Gasteiger partial charge is 0.496 e. The van der Waals surface area contributed by atoms with Crippen LogP contribution in [0.15, 0.2) is 35.7 Å². The number of ether oxygens (including phenoxy) is 1. The highest BCUT2D eigenvalue weighted by Crippen LogP contribution is 2.35. The summed E-state index contributed by atoms with van der Waals surface area (Å²) in [7, 11) is 1.57. The van der Waals surface area contributed by atoms with Crippen LogP contribution in [0.5, 0.6) is 5.75 Å². The van der Waals surface area contributed by atoms with Crippen LogP contribution in [0.2, 0.25) is 0 Å². The second-order valence-corrected chi connectivity index (χ2v) is 5.17. The summed E-state index contributed by atoms with van der Waals surface area (Å²) in [5.74, 6) is 0.0417. The van der Waals surface area contributed by atoms with Crippen LogP contribution in [0.25, 0.3) is 0 Å². The van der Waals surface area contributed by atoms with Crippen molar-refractivity contribution in [2.24, 2.45) is 5.73 Å². The first kappa shape index (κ1) is 14.0. The number of halogens is 1. The van der Waals surface area contributed by atoms with Gasteiger partial charge in [-0.2, -0.15) is 0 Å². The molecule has 0 fully saturated rings. The van der Waals surface area contributed by atoms with Gasteiger partial charge in [-0.3, -0.25) is 0 Å². The van der Waals surface area contributed by atoms with E-state index in [0.717, 1.165) is 4.88 Å². The fourth-order valence-electron chi connectivity index (χ4n) is 1.98. The van der Waals surface area contributed by atoms with Crippen LogP contribution in [0.4, 0.5) is 4.39 Å². The van der Waals surface area contributed by atoms with E-state index in [1.165, 1.54) is 23.5 Å². The number of methoxy groups -OCH3 is 1. The Bertz CT molecular complexity index is 544. The molecule has 0 aliphatic carbocycles. The first-order valence-electron chi connectivity index (χ1n) is 5.91. The summed E-state index contributed by atoms with van der Waals surface area (Å²) in [5.41, 5.74) is 6.42. The first-order valence-corrected chi connectivity index (χ1v) is 6.79. The minimum atomic E-state index is -0.763. The van der Waals surface area contributed by atoms with Gasteiger partial charge in [-0.1, -0.05) is 12.1 Å². The fraction of sp³-hybridized carbons (Fsp3) is 0.286. The van der Waals surface area contributed by atoms with E-state index in [0.29, 0.717) is 11.3 Å². The lowest BCUT2D eigenvalue weighted by Gasteiger charge is -2.20. The Kier molecular flexibility index (Phi) is 4.52. The number of thiophene rings is 1. The van der Waals surface area contributed by atoms with Crippen molar-refractivity contribution < 1.29 is 14.2 Å². The Morgan fingerprint density at radius 1 is 1.42 bits per heavy atom. The highest BCUT2D eigenvalue weighted by atomic mass is 32.1. The molecule has 2 atom stereocenters. The molecule has 1 aromatic carbocycles. The summed E-state index contributed by atoms with van der Waals surface area (Å²) in [6.45, 7) is 0.241. The topological polar surface area (TPSA) is 55.5 Å². The summed E-state index contributed by atoms with van der Waals surface area (Å²) in [6.07, 6.45) is -0.763. The summed E-state index contributed by atoms with van der Waals surface area (Å²) in [5, 5.41) is 12.2. The molecular formula is C14H16FNO2S. The van der Waals surface area contributed by atoms with Gasteiger partial charge >= 0.3 is 0 Å². The molecule has 0 saturated heterocycles. The third kappa shape index (κ3) is 3.12. The monoisotopic (exact) mass is 281 g/mol. The second-order valence-electron chi connectivity index (χ2n) is 4.23. The van der Waals surface area contributed by atoms with E-state index in [9.17, 15) is 9.50 Å². The van der Waals surface area contributed by atoms with Crippen molar-refractivity contribution in [2.75, 3.05) is 13.7 Å². The molecule has 1 aromatic heterocycles. The molecule has 5 heteroatoms. The molecule has 0 aliphatic heterocycles. The van der Waals surface area contributed by atoms with Gasteiger partial charge in [-0.15, -0.1) is 11.3 Å². The van der Waals surface area contributed by atoms with Gasteiger partial charge < -0.3 is 15.6 Å². The number of aliphatic hydroxyl groups excluding tert-OH is 1. The molecule has 2 rings (SSSR count). The maximum Gasteiger partial charge on any atom is 0.129 e. The van der Waals surface area contributed by atoms with Crippen molar-refractivity contribution in [2.45, 2.75) is 12.0 Å². The number of rotatable bonds is 5. The van der Waals surface area contributed by atoms with E-state index in [1.54, 1.807) is 25.3 Å². The second kappa shape index (κ2) is 6.14. The molecule has 0 bridgehead atoms. The van der Waals surface area contributed by atoms with Crippen LogP contribution >= 0.6 is 11.3 Å². The van der Waals surface area contributed by atoms with E-state index in [4.69, 9.17) is 10.5 Å². The van der Waals surface area contributed by atoms with E-state index >= 15 is 0 Å². The minimum absolute atomic E-state index is 0.241. The molecule has 2 aromatic rings. The van der Waals surface area contributed by atoms with Gasteiger partial charge in [0.15, 0.2) is 0 Å². The summed E-state index contributed by atoms with van der Waals surface area (Å²) >= 11 is 1.40. The van der Waals surface area contributed by atoms with Crippen LogP contribution in [0.1, 0.15) is 22.5 Å². The average molecular weight is 281 g/mol. The number of aliphatic hydroxyl groups is 1. The van der Waals surface area contributed by atoms with E-state index in [-0.39, 0.29) is 18.3 Å². The number of hydrogen-bond acceptors (Lipinski definition) is 4. The van der Waals surface area contributed by atoms with Gasteiger partial charge in [0.2, 0.25) is 0 Å². The Balaban J connectivity index is 2.26. The lowest BCUT2D eigenvalue weighted by atomic mass is 9.92. The predicted molar refractivity (Wildman–Crippen MR) is 74.0 cm³/mol. The number of hydrogen-bond donors (Lipinski definition) is 2. The molecule has 0 amide bonds. The maximum absolute atomic E-state index is 13.2. The first-order chi connectivity index (χ1) is 9.15. The van der Waals surface area contributed by atoms with E-state index in [1.807, 2.05) is 5.38 Å². The number of benzene rings is 1. The zero-order chi connectivity index (χ0) is 13.8. The van der Waals surface area contributed by atoms with Crippen molar-refractivity contribution in [1.82, 2.24) is 0 Å². The smallest absolute Gasteiger partial charge is 0.129 e. The third-order valence-corrected chi connectivity index (χ3v) is 4.02. The average Bonchev–Trinajstić information content (AvgIpc) is 2.88. The van der Waals surface area contributed by atoms with Crippen molar-refractivity contribution in [3.8, 4) is 5.75 Å². The third-order valence-electron chi connectivity index (χ3n) is 3.03. The maximum atomic E-state index is 13.2. The normalized spacial score (nSPS) is 14.1. The number of nitrogens with two attached hydrogens (primary N) is 1. The van der Waals surface area contributed by atoms with E-state index < -0.39 is 6.10 Å². The molecule has 0 aliphatic rings. The zero-order valence-corrected chi connectivity index (χ0v) is 11.4. The standard InChI is InChI=1S/C14H16FNO2S/c1-18-11-6-13(19-8-11)14(17)12(7-16)9-3-2-4-10(15)5-9/h2-6,8,12,14,17H,7,16H2,1H3. The summed E-state index contributed by atoms with van der Waals surface area (Å²) in [6, 6.07) is 7.95. The van der Waals surface area contributed by atoms with Gasteiger partial charge in [-0.25, -0.2) is 4.39 Å². The Morgan fingerprint density at radius 3 is 2.79 bits per heavy atom. The van der Waals surface area contributed by atoms with Gasteiger partial charge in [0.05, 0.1) is 13.2 Å². The van der Waals surface area contributed by atoms with Crippen LogP contribution in [-0.2, 0) is 0 Å². The van der Waals surface area contributed by atoms with Crippen LogP contribution < -0.4 is 10.5 Å². The van der Waals surface area contributed by atoms with Crippen molar-refractivity contribution in [3.63, 3.8) is 0 Å². The van der Waals surface area contributed by atoms with Crippen molar-refractivity contribution >= 4 is 11.3 Å².